The molecule has 0 saturated carbocycles. The first-order valence-corrected chi connectivity index (χ1v) is 4.06. The second-order valence-corrected chi connectivity index (χ2v) is 2.86. The zero-order chi connectivity index (χ0) is 10.7. The summed E-state index contributed by atoms with van der Waals surface area (Å²) in [5, 5.41) is 18.9. The number of rotatable bonds is 0. The predicted octanol–water partition coefficient (Wildman–Crippen LogP) is 0.657. The van der Waals surface area contributed by atoms with Gasteiger partial charge in [0.05, 0.1) is 0 Å². The molecule has 1 atom stereocenters. The van der Waals surface area contributed by atoms with Crippen LogP contribution in [0.3, 0.4) is 0 Å². The summed E-state index contributed by atoms with van der Waals surface area (Å²) in [5.41, 5.74) is 0. The Bertz CT molecular complexity index is 296. The number of carboxylic acid groups (broad SMARTS) is 2. The predicted molar refractivity (Wildman–Crippen MR) is 46.4 cm³/mol. The SMILES string of the molecule is C#C[C@@H]1CCCN(C(=O)O)N1C(=O)O. The summed E-state index contributed by atoms with van der Waals surface area (Å²) in [5.74, 6) is 2.26. The highest BCUT2D eigenvalue weighted by Crippen LogP contribution is 2.17. The molecule has 1 aliphatic rings. The van der Waals surface area contributed by atoms with Gasteiger partial charge in [0.15, 0.2) is 0 Å². The monoisotopic (exact) mass is 198 g/mol. The molecule has 1 rings (SSSR count). The number of hydrazine groups is 1. The van der Waals surface area contributed by atoms with E-state index in [4.69, 9.17) is 16.6 Å². The molecule has 1 saturated heterocycles. The quantitative estimate of drug-likeness (QED) is 0.560. The third-order valence-corrected chi connectivity index (χ3v) is 2.01. The minimum absolute atomic E-state index is 0.166. The van der Waals surface area contributed by atoms with E-state index in [2.05, 4.69) is 5.92 Å². The molecule has 0 aliphatic carbocycles. The van der Waals surface area contributed by atoms with Gasteiger partial charge in [-0.05, 0) is 12.8 Å². The molecule has 0 radical (unpaired) electrons. The summed E-state index contributed by atoms with van der Waals surface area (Å²) in [4.78, 5) is 21.4. The van der Waals surface area contributed by atoms with Crippen LogP contribution in [0, 0.1) is 12.3 Å². The third kappa shape index (κ3) is 1.71. The molecular weight excluding hydrogens is 188 g/mol. The fourth-order valence-electron chi connectivity index (χ4n) is 1.41. The Morgan fingerprint density at radius 1 is 1.36 bits per heavy atom. The molecule has 2 N–H and O–H groups in total. The maximum atomic E-state index is 10.8. The second-order valence-electron chi connectivity index (χ2n) is 2.86. The van der Waals surface area contributed by atoms with E-state index in [1.54, 1.807) is 0 Å². The van der Waals surface area contributed by atoms with Gasteiger partial charge in [0.1, 0.15) is 6.04 Å². The maximum Gasteiger partial charge on any atom is 0.427 e. The van der Waals surface area contributed by atoms with E-state index >= 15 is 0 Å². The summed E-state index contributed by atoms with van der Waals surface area (Å²) >= 11 is 0. The van der Waals surface area contributed by atoms with Crippen LogP contribution in [-0.2, 0) is 0 Å². The lowest BCUT2D eigenvalue weighted by Gasteiger charge is -2.38. The van der Waals surface area contributed by atoms with Crippen LogP contribution in [0.2, 0.25) is 0 Å². The van der Waals surface area contributed by atoms with Crippen LogP contribution < -0.4 is 0 Å². The molecule has 0 aromatic carbocycles. The highest BCUT2D eigenvalue weighted by molar-refractivity contribution is 5.72. The Kier molecular flexibility index (Phi) is 2.82. The van der Waals surface area contributed by atoms with Crippen LogP contribution in [0.5, 0.6) is 0 Å². The number of hydrogen-bond acceptors (Lipinski definition) is 2. The molecule has 0 unspecified atom stereocenters. The van der Waals surface area contributed by atoms with Gasteiger partial charge in [-0.1, -0.05) is 5.92 Å². The third-order valence-electron chi connectivity index (χ3n) is 2.01. The van der Waals surface area contributed by atoms with Crippen LogP contribution in [-0.4, -0.2) is 45.0 Å². The Morgan fingerprint density at radius 3 is 2.43 bits per heavy atom. The van der Waals surface area contributed by atoms with Gasteiger partial charge >= 0.3 is 12.2 Å². The summed E-state index contributed by atoms with van der Waals surface area (Å²) in [6.45, 7) is 0.166. The maximum absolute atomic E-state index is 10.8. The molecule has 1 fully saturated rings. The van der Waals surface area contributed by atoms with E-state index in [9.17, 15) is 9.59 Å². The zero-order valence-corrected chi connectivity index (χ0v) is 7.38. The average Bonchev–Trinajstić information content (AvgIpc) is 2.16. The summed E-state index contributed by atoms with van der Waals surface area (Å²) in [6.07, 6.45) is 3.55. The standard InChI is InChI=1S/C8H10N2O4/c1-2-6-4-3-5-9(7(11)12)10(6)8(13)14/h1,6H,3-5H2,(H,11,12)(H,13,14)/t6-/m1/s1. The van der Waals surface area contributed by atoms with Crippen molar-refractivity contribution in [1.29, 1.82) is 0 Å². The van der Waals surface area contributed by atoms with E-state index < -0.39 is 18.2 Å². The first kappa shape index (κ1) is 10.2. The Labute approximate surface area is 80.7 Å². The number of nitrogens with zero attached hydrogens (tertiary/aromatic N) is 2. The molecule has 1 heterocycles. The molecule has 0 bridgehead atoms. The van der Waals surface area contributed by atoms with Crippen molar-refractivity contribution in [3.8, 4) is 12.3 Å². The van der Waals surface area contributed by atoms with Crippen molar-refractivity contribution < 1.29 is 19.8 Å². The van der Waals surface area contributed by atoms with Crippen LogP contribution in [0.15, 0.2) is 0 Å². The van der Waals surface area contributed by atoms with Gasteiger partial charge in [-0.15, -0.1) is 6.42 Å². The van der Waals surface area contributed by atoms with E-state index in [0.29, 0.717) is 17.9 Å². The van der Waals surface area contributed by atoms with Crippen molar-refractivity contribution >= 4 is 12.2 Å². The lowest BCUT2D eigenvalue weighted by Crippen LogP contribution is -2.56. The second kappa shape index (κ2) is 3.87. The molecule has 0 spiro atoms. The fraction of sp³-hybridized carbons (Fsp3) is 0.500. The van der Waals surface area contributed by atoms with Gasteiger partial charge in [-0.3, -0.25) is 0 Å². The van der Waals surface area contributed by atoms with Gasteiger partial charge in [0.25, 0.3) is 0 Å². The molecular formula is C8H10N2O4. The number of amides is 2. The fourth-order valence-corrected chi connectivity index (χ4v) is 1.41. The molecule has 6 heteroatoms. The molecule has 0 aromatic heterocycles. The molecule has 2 amide bonds. The van der Waals surface area contributed by atoms with Crippen molar-refractivity contribution in [2.75, 3.05) is 6.54 Å². The Balaban J connectivity index is 2.90. The topological polar surface area (TPSA) is 81.1 Å². The smallest absolute Gasteiger partial charge is 0.427 e. The van der Waals surface area contributed by atoms with Gasteiger partial charge in [-0.25, -0.2) is 14.6 Å². The van der Waals surface area contributed by atoms with Gasteiger partial charge < -0.3 is 10.2 Å². The Hall–Kier alpha value is -1.90. The highest BCUT2D eigenvalue weighted by Gasteiger charge is 2.34. The van der Waals surface area contributed by atoms with E-state index in [1.165, 1.54) is 0 Å². The minimum Gasteiger partial charge on any atom is -0.464 e. The summed E-state index contributed by atoms with van der Waals surface area (Å²) in [6, 6.07) is -0.683. The van der Waals surface area contributed by atoms with Crippen LogP contribution in [0.25, 0.3) is 0 Å². The van der Waals surface area contributed by atoms with Crippen molar-refractivity contribution in [3.63, 3.8) is 0 Å². The molecule has 14 heavy (non-hydrogen) atoms. The van der Waals surface area contributed by atoms with Crippen LogP contribution >= 0.6 is 0 Å². The lowest BCUT2D eigenvalue weighted by molar-refractivity contribution is -0.0341. The largest absolute Gasteiger partial charge is 0.464 e. The van der Waals surface area contributed by atoms with E-state index in [1.807, 2.05) is 0 Å². The lowest BCUT2D eigenvalue weighted by atomic mass is 10.1. The molecule has 76 valence electrons. The number of terminal acetylenes is 1. The van der Waals surface area contributed by atoms with Crippen molar-refractivity contribution in [1.82, 2.24) is 10.0 Å². The summed E-state index contributed by atoms with van der Waals surface area (Å²) in [7, 11) is 0. The van der Waals surface area contributed by atoms with Gasteiger partial charge in [0.2, 0.25) is 0 Å². The van der Waals surface area contributed by atoms with Gasteiger partial charge in [0, 0.05) is 6.54 Å². The first-order chi connectivity index (χ1) is 6.57. The van der Waals surface area contributed by atoms with Crippen molar-refractivity contribution in [3.05, 3.63) is 0 Å². The normalized spacial score (nSPS) is 21.5. The van der Waals surface area contributed by atoms with Crippen LogP contribution in [0.1, 0.15) is 12.8 Å². The molecule has 6 nitrogen and oxygen atoms in total. The van der Waals surface area contributed by atoms with E-state index in [-0.39, 0.29) is 6.54 Å². The summed E-state index contributed by atoms with van der Waals surface area (Å²) < 4.78 is 0. The first-order valence-electron chi connectivity index (χ1n) is 4.06. The zero-order valence-electron chi connectivity index (χ0n) is 7.38. The van der Waals surface area contributed by atoms with Crippen LogP contribution in [0.4, 0.5) is 9.59 Å². The number of carbonyl (C=O) groups is 2. The highest BCUT2D eigenvalue weighted by atomic mass is 16.4. The Morgan fingerprint density at radius 2 is 2.00 bits per heavy atom. The van der Waals surface area contributed by atoms with Gasteiger partial charge in [-0.2, -0.15) is 5.01 Å². The van der Waals surface area contributed by atoms with E-state index in [0.717, 1.165) is 5.01 Å². The average molecular weight is 198 g/mol. The molecule has 0 aromatic rings. The van der Waals surface area contributed by atoms with Crippen molar-refractivity contribution in [2.24, 2.45) is 0 Å². The molecule has 1 aliphatic heterocycles. The number of hydrogen-bond donors (Lipinski definition) is 2. The van der Waals surface area contributed by atoms with Crippen molar-refractivity contribution in [2.45, 2.75) is 18.9 Å². The minimum atomic E-state index is -1.34.